The molecule has 3 heteroatoms. The van der Waals surface area contributed by atoms with E-state index >= 15 is 0 Å². The molecule has 16 heavy (non-hydrogen) atoms. The van der Waals surface area contributed by atoms with Crippen LogP contribution in [-0.4, -0.2) is 25.3 Å². The molecular weight excluding hydrogens is 200 g/mol. The second-order valence-electron chi connectivity index (χ2n) is 4.92. The van der Waals surface area contributed by atoms with Crippen LogP contribution in [0.4, 0.5) is 0 Å². The Morgan fingerprint density at radius 1 is 1.44 bits per heavy atom. The molecule has 1 atom stereocenters. The van der Waals surface area contributed by atoms with E-state index < -0.39 is 0 Å². The summed E-state index contributed by atoms with van der Waals surface area (Å²) in [6.07, 6.45) is 5.85. The topological polar surface area (TPSA) is 45.0 Å². The van der Waals surface area contributed by atoms with Crippen LogP contribution < -0.4 is 5.32 Å². The summed E-state index contributed by atoms with van der Waals surface area (Å²) in [4.78, 5) is 0. The first-order valence-electron chi connectivity index (χ1n) is 6.44. The maximum Gasteiger partial charge on any atom is 0.104 e. The molecule has 0 heterocycles. The summed E-state index contributed by atoms with van der Waals surface area (Å²) in [5.41, 5.74) is -0.380. The first-order valence-corrected chi connectivity index (χ1v) is 6.44. The molecule has 0 spiro atoms. The van der Waals surface area contributed by atoms with Crippen molar-refractivity contribution in [1.82, 2.24) is 5.32 Å². The van der Waals surface area contributed by atoms with Crippen LogP contribution in [0.1, 0.15) is 46.0 Å². The number of hydrogen-bond acceptors (Lipinski definition) is 3. The average molecular weight is 224 g/mol. The van der Waals surface area contributed by atoms with Gasteiger partial charge in [-0.1, -0.05) is 19.8 Å². The standard InChI is InChI=1S/C13H24N2O/c1-3-15-13(2,11-14)8-4-9-16-10-7-12-5-6-12/h12,15H,3-10H2,1-2H3. The molecule has 1 unspecified atom stereocenters. The van der Waals surface area contributed by atoms with E-state index in [0.29, 0.717) is 0 Å². The lowest BCUT2D eigenvalue weighted by atomic mass is 9.98. The van der Waals surface area contributed by atoms with Crippen LogP contribution in [-0.2, 0) is 4.74 Å². The molecule has 3 nitrogen and oxygen atoms in total. The van der Waals surface area contributed by atoms with Crippen LogP contribution in [0.3, 0.4) is 0 Å². The van der Waals surface area contributed by atoms with Crippen LogP contribution in [0.25, 0.3) is 0 Å². The van der Waals surface area contributed by atoms with Crippen LogP contribution >= 0.6 is 0 Å². The lowest BCUT2D eigenvalue weighted by Gasteiger charge is -2.22. The largest absolute Gasteiger partial charge is 0.381 e. The zero-order chi connectivity index (χ0) is 11.9. The fourth-order valence-electron chi connectivity index (χ4n) is 1.86. The summed E-state index contributed by atoms with van der Waals surface area (Å²) >= 11 is 0. The van der Waals surface area contributed by atoms with E-state index in [1.807, 2.05) is 13.8 Å². The number of nitriles is 1. The van der Waals surface area contributed by atoms with Gasteiger partial charge < -0.3 is 4.74 Å². The Hall–Kier alpha value is -0.590. The molecule has 1 rings (SSSR count). The summed E-state index contributed by atoms with van der Waals surface area (Å²) in [7, 11) is 0. The van der Waals surface area contributed by atoms with E-state index in [4.69, 9.17) is 10.00 Å². The zero-order valence-electron chi connectivity index (χ0n) is 10.6. The van der Waals surface area contributed by atoms with E-state index in [9.17, 15) is 0 Å². The molecular formula is C13H24N2O. The Morgan fingerprint density at radius 2 is 2.19 bits per heavy atom. The lowest BCUT2D eigenvalue weighted by molar-refractivity contribution is 0.120. The highest BCUT2D eigenvalue weighted by atomic mass is 16.5. The van der Waals surface area contributed by atoms with Gasteiger partial charge in [0.15, 0.2) is 0 Å². The van der Waals surface area contributed by atoms with Crippen molar-refractivity contribution in [3.05, 3.63) is 0 Å². The molecule has 1 aliphatic rings. The minimum atomic E-state index is -0.380. The predicted octanol–water partition coefficient (Wildman–Crippen LogP) is 2.48. The molecule has 1 aliphatic carbocycles. The van der Waals surface area contributed by atoms with Gasteiger partial charge in [0.2, 0.25) is 0 Å². The van der Waals surface area contributed by atoms with E-state index in [1.165, 1.54) is 19.3 Å². The number of nitrogens with one attached hydrogen (secondary N) is 1. The normalized spacial score (nSPS) is 19.1. The van der Waals surface area contributed by atoms with Crippen molar-refractivity contribution in [3.8, 4) is 6.07 Å². The molecule has 0 bridgehead atoms. The van der Waals surface area contributed by atoms with Crippen molar-refractivity contribution in [2.75, 3.05) is 19.8 Å². The molecule has 0 saturated heterocycles. The Bertz CT molecular complexity index is 233. The molecule has 1 fully saturated rings. The van der Waals surface area contributed by atoms with Crippen LogP contribution in [0.5, 0.6) is 0 Å². The van der Waals surface area contributed by atoms with Crippen LogP contribution in [0.2, 0.25) is 0 Å². The predicted molar refractivity (Wildman–Crippen MR) is 65.1 cm³/mol. The van der Waals surface area contributed by atoms with Gasteiger partial charge in [0.1, 0.15) is 5.54 Å². The molecule has 0 aliphatic heterocycles. The van der Waals surface area contributed by atoms with Crippen molar-refractivity contribution < 1.29 is 4.74 Å². The van der Waals surface area contributed by atoms with Gasteiger partial charge >= 0.3 is 0 Å². The summed E-state index contributed by atoms with van der Waals surface area (Å²) in [6.45, 7) is 6.51. The van der Waals surface area contributed by atoms with Crippen molar-refractivity contribution in [1.29, 1.82) is 5.26 Å². The maximum absolute atomic E-state index is 9.05. The molecule has 1 N–H and O–H groups in total. The second-order valence-corrected chi connectivity index (χ2v) is 4.92. The van der Waals surface area contributed by atoms with Crippen molar-refractivity contribution in [2.24, 2.45) is 5.92 Å². The monoisotopic (exact) mass is 224 g/mol. The van der Waals surface area contributed by atoms with Gasteiger partial charge in [0.05, 0.1) is 6.07 Å². The van der Waals surface area contributed by atoms with Gasteiger partial charge in [0, 0.05) is 13.2 Å². The highest BCUT2D eigenvalue weighted by molar-refractivity contribution is 5.03. The van der Waals surface area contributed by atoms with Gasteiger partial charge in [-0.2, -0.15) is 5.26 Å². The maximum atomic E-state index is 9.05. The summed E-state index contributed by atoms with van der Waals surface area (Å²) in [5.74, 6) is 0.950. The first-order chi connectivity index (χ1) is 7.70. The van der Waals surface area contributed by atoms with Gasteiger partial charge in [-0.15, -0.1) is 0 Å². The molecule has 0 aromatic rings. The highest BCUT2D eigenvalue weighted by Crippen LogP contribution is 2.32. The van der Waals surface area contributed by atoms with E-state index in [-0.39, 0.29) is 5.54 Å². The quantitative estimate of drug-likeness (QED) is 0.612. The number of ether oxygens (including phenoxy) is 1. The Kier molecular flexibility index (Phi) is 5.79. The Balaban J connectivity index is 1.97. The lowest BCUT2D eigenvalue weighted by Crippen LogP contribution is -2.40. The summed E-state index contributed by atoms with van der Waals surface area (Å²) in [6, 6.07) is 2.33. The van der Waals surface area contributed by atoms with E-state index in [2.05, 4.69) is 11.4 Å². The van der Waals surface area contributed by atoms with Gasteiger partial charge in [0.25, 0.3) is 0 Å². The molecule has 0 aromatic carbocycles. The minimum Gasteiger partial charge on any atom is -0.381 e. The molecule has 1 saturated carbocycles. The van der Waals surface area contributed by atoms with Gasteiger partial charge in [-0.3, -0.25) is 5.32 Å². The van der Waals surface area contributed by atoms with Crippen molar-refractivity contribution in [3.63, 3.8) is 0 Å². The van der Waals surface area contributed by atoms with Crippen LogP contribution in [0.15, 0.2) is 0 Å². The van der Waals surface area contributed by atoms with Gasteiger partial charge in [-0.25, -0.2) is 0 Å². The SMILES string of the molecule is CCNC(C)(C#N)CCCOCCC1CC1. The number of hydrogen-bond donors (Lipinski definition) is 1. The summed E-state index contributed by atoms with van der Waals surface area (Å²) < 4.78 is 5.57. The summed E-state index contributed by atoms with van der Waals surface area (Å²) in [5, 5.41) is 12.3. The Labute approximate surface area is 99.2 Å². The second kappa shape index (κ2) is 6.88. The first kappa shape index (κ1) is 13.5. The average Bonchev–Trinajstić information content (AvgIpc) is 3.07. The molecule has 0 amide bonds. The third-order valence-electron chi connectivity index (χ3n) is 3.15. The zero-order valence-corrected chi connectivity index (χ0v) is 10.6. The fourth-order valence-corrected chi connectivity index (χ4v) is 1.86. The molecule has 0 radical (unpaired) electrons. The van der Waals surface area contributed by atoms with E-state index in [0.717, 1.165) is 38.5 Å². The van der Waals surface area contributed by atoms with Crippen molar-refractivity contribution >= 4 is 0 Å². The van der Waals surface area contributed by atoms with Gasteiger partial charge in [-0.05, 0) is 38.6 Å². The number of nitrogens with zero attached hydrogens (tertiary/aromatic N) is 1. The minimum absolute atomic E-state index is 0.380. The van der Waals surface area contributed by atoms with E-state index in [1.54, 1.807) is 0 Å². The number of rotatable bonds is 9. The third-order valence-corrected chi connectivity index (χ3v) is 3.15. The highest BCUT2D eigenvalue weighted by Gasteiger charge is 2.22. The fraction of sp³-hybridized carbons (Fsp3) is 0.923. The van der Waals surface area contributed by atoms with Crippen LogP contribution in [0, 0.1) is 17.2 Å². The smallest absolute Gasteiger partial charge is 0.104 e. The Morgan fingerprint density at radius 3 is 2.75 bits per heavy atom. The van der Waals surface area contributed by atoms with Crippen molar-refractivity contribution in [2.45, 2.75) is 51.5 Å². The molecule has 92 valence electrons. The third kappa shape index (κ3) is 5.48. The molecule has 0 aromatic heterocycles.